The molecule has 1 aromatic heterocycles. The van der Waals surface area contributed by atoms with E-state index in [9.17, 15) is 9.18 Å². The summed E-state index contributed by atoms with van der Waals surface area (Å²) in [5, 5.41) is 0. The third-order valence-electron chi connectivity index (χ3n) is 2.59. The van der Waals surface area contributed by atoms with Gasteiger partial charge in [-0.05, 0) is 25.0 Å². The first-order valence-electron chi connectivity index (χ1n) is 5.20. The lowest BCUT2D eigenvalue weighted by Gasteiger charge is -2.19. The van der Waals surface area contributed by atoms with Crippen molar-refractivity contribution in [2.75, 3.05) is 18.6 Å². The van der Waals surface area contributed by atoms with Crippen LogP contribution in [-0.4, -0.2) is 30.6 Å². The number of halogens is 1. The number of ether oxygens (including phenoxy) is 1. The van der Waals surface area contributed by atoms with Gasteiger partial charge in [-0.3, -0.25) is 9.69 Å². The van der Waals surface area contributed by atoms with Crippen molar-refractivity contribution in [2.24, 2.45) is 0 Å². The predicted molar refractivity (Wildman–Crippen MR) is 56.6 cm³/mol. The van der Waals surface area contributed by atoms with Crippen molar-refractivity contribution in [3.63, 3.8) is 0 Å². The van der Waals surface area contributed by atoms with Crippen molar-refractivity contribution in [3.8, 4) is 0 Å². The number of pyridine rings is 1. The first kappa shape index (κ1) is 11.0. The van der Waals surface area contributed by atoms with E-state index >= 15 is 0 Å². The van der Waals surface area contributed by atoms with Crippen molar-refractivity contribution in [2.45, 2.75) is 18.9 Å². The first-order chi connectivity index (χ1) is 7.70. The Morgan fingerprint density at radius 1 is 1.69 bits per heavy atom. The zero-order valence-electron chi connectivity index (χ0n) is 9.02. The second-order valence-electron chi connectivity index (χ2n) is 3.71. The number of rotatable bonds is 2. The van der Waals surface area contributed by atoms with E-state index in [0.717, 1.165) is 6.42 Å². The van der Waals surface area contributed by atoms with E-state index in [1.165, 1.54) is 30.3 Å². The van der Waals surface area contributed by atoms with Gasteiger partial charge < -0.3 is 4.74 Å². The Bertz CT molecular complexity index is 391. The van der Waals surface area contributed by atoms with Gasteiger partial charge in [-0.1, -0.05) is 0 Å². The number of likely N-dealkylation sites (N-methyl/N-ethyl adjacent to an activating group) is 1. The van der Waals surface area contributed by atoms with Crippen molar-refractivity contribution in [1.82, 2.24) is 4.98 Å². The number of anilines is 1. The molecule has 0 spiro atoms. The van der Waals surface area contributed by atoms with Crippen LogP contribution in [0, 0.1) is 5.82 Å². The van der Waals surface area contributed by atoms with Crippen molar-refractivity contribution < 1.29 is 13.9 Å². The zero-order valence-corrected chi connectivity index (χ0v) is 9.02. The van der Waals surface area contributed by atoms with E-state index in [2.05, 4.69) is 4.98 Å². The summed E-state index contributed by atoms with van der Waals surface area (Å²) in [5.74, 6) is -0.700. The van der Waals surface area contributed by atoms with Crippen molar-refractivity contribution >= 4 is 11.7 Å². The second-order valence-corrected chi connectivity index (χ2v) is 3.71. The summed E-state index contributed by atoms with van der Waals surface area (Å²) in [6.07, 6.45) is 2.57. The van der Waals surface area contributed by atoms with Gasteiger partial charge in [-0.15, -0.1) is 0 Å². The Balaban J connectivity index is 2.15. The fraction of sp³-hybridized carbons (Fsp3) is 0.455. The summed E-state index contributed by atoms with van der Waals surface area (Å²) in [5.41, 5.74) is 0. The molecule has 0 aromatic carbocycles. The summed E-state index contributed by atoms with van der Waals surface area (Å²) >= 11 is 0. The zero-order chi connectivity index (χ0) is 11.5. The van der Waals surface area contributed by atoms with Gasteiger partial charge in [0.2, 0.25) is 0 Å². The van der Waals surface area contributed by atoms with E-state index in [1.807, 2.05) is 0 Å². The molecule has 1 aromatic rings. The van der Waals surface area contributed by atoms with E-state index < -0.39 is 11.9 Å². The Morgan fingerprint density at radius 2 is 2.50 bits per heavy atom. The van der Waals surface area contributed by atoms with Gasteiger partial charge in [0, 0.05) is 19.9 Å². The topological polar surface area (TPSA) is 42.4 Å². The smallest absolute Gasteiger partial charge is 0.257 e. The van der Waals surface area contributed by atoms with Crippen LogP contribution in [0.4, 0.5) is 10.2 Å². The SMILES string of the molecule is CN(C(=O)[C@@H]1CCCO1)c1ncccc1F. The minimum Gasteiger partial charge on any atom is -0.368 e. The standard InChI is InChI=1S/C11H13FN2O2/c1-14(10-8(12)4-2-6-13-10)11(15)9-5-3-7-16-9/h2,4,6,9H,3,5,7H2,1H3/t9-/m0/s1. The molecular weight excluding hydrogens is 211 g/mol. The highest BCUT2D eigenvalue weighted by Gasteiger charge is 2.28. The van der Waals surface area contributed by atoms with Gasteiger partial charge in [-0.2, -0.15) is 0 Å². The lowest BCUT2D eigenvalue weighted by Crippen LogP contribution is -2.37. The van der Waals surface area contributed by atoms with Crippen LogP contribution in [-0.2, 0) is 9.53 Å². The Morgan fingerprint density at radius 3 is 3.12 bits per heavy atom. The minimum atomic E-state index is -0.503. The average molecular weight is 224 g/mol. The largest absolute Gasteiger partial charge is 0.368 e. The summed E-state index contributed by atoms with van der Waals surface area (Å²) in [6, 6.07) is 2.77. The highest BCUT2D eigenvalue weighted by Crippen LogP contribution is 2.19. The molecule has 0 unspecified atom stereocenters. The Kier molecular flexibility index (Phi) is 3.14. The van der Waals surface area contributed by atoms with Crippen LogP contribution >= 0.6 is 0 Å². The lowest BCUT2D eigenvalue weighted by molar-refractivity contribution is -0.127. The molecule has 4 nitrogen and oxygen atoms in total. The quantitative estimate of drug-likeness (QED) is 0.761. The molecule has 1 aliphatic rings. The minimum absolute atomic E-state index is 0.0444. The molecule has 1 saturated heterocycles. The first-order valence-corrected chi connectivity index (χ1v) is 5.20. The van der Waals surface area contributed by atoms with Gasteiger partial charge in [0.05, 0.1) is 0 Å². The van der Waals surface area contributed by atoms with Gasteiger partial charge >= 0.3 is 0 Å². The molecule has 5 heteroatoms. The summed E-state index contributed by atoms with van der Waals surface area (Å²) in [4.78, 5) is 17.0. The van der Waals surface area contributed by atoms with Crippen molar-refractivity contribution in [1.29, 1.82) is 0 Å². The lowest BCUT2D eigenvalue weighted by atomic mass is 10.2. The third-order valence-corrected chi connectivity index (χ3v) is 2.59. The van der Waals surface area contributed by atoms with Gasteiger partial charge in [0.25, 0.3) is 5.91 Å². The number of carbonyl (C=O) groups is 1. The summed E-state index contributed by atoms with van der Waals surface area (Å²) in [6.45, 7) is 0.592. The molecule has 1 amide bonds. The molecule has 16 heavy (non-hydrogen) atoms. The van der Waals surface area contributed by atoms with Crippen molar-refractivity contribution in [3.05, 3.63) is 24.1 Å². The maximum absolute atomic E-state index is 13.4. The number of amides is 1. The molecule has 86 valence electrons. The summed E-state index contributed by atoms with van der Waals surface area (Å²) < 4.78 is 18.6. The normalized spacial score (nSPS) is 19.8. The number of hydrogen-bond donors (Lipinski definition) is 0. The van der Waals surface area contributed by atoms with Crippen LogP contribution in [0.15, 0.2) is 18.3 Å². The van der Waals surface area contributed by atoms with Crippen LogP contribution in [0.2, 0.25) is 0 Å². The monoisotopic (exact) mass is 224 g/mol. The number of carbonyl (C=O) groups excluding carboxylic acids is 1. The molecule has 2 heterocycles. The molecule has 2 rings (SSSR count). The maximum Gasteiger partial charge on any atom is 0.257 e. The molecule has 0 radical (unpaired) electrons. The fourth-order valence-corrected chi connectivity index (χ4v) is 1.72. The van der Waals surface area contributed by atoms with E-state index in [1.54, 1.807) is 0 Å². The molecule has 0 N–H and O–H groups in total. The average Bonchev–Trinajstić information content (AvgIpc) is 2.81. The van der Waals surface area contributed by atoms with Crippen LogP contribution in [0.5, 0.6) is 0 Å². The molecule has 1 atom stereocenters. The second kappa shape index (κ2) is 4.57. The molecular formula is C11H13FN2O2. The Labute approximate surface area is 93.0 Å². The fourth-order valence-electron chi connectivity index (χ4n) is 1.72. The molecule has 0 saturated carbocycles. The third kappa shape index (κ3) is 2.04. The maximum atomic E-state index is 13.4. The number of aromatic nitrogens is 1. The van der Waals surface area contributed by atoms with Gasteiger partial charge in [0.15, 0.2) is 11.6 Å². The van der Waals surface area contributed by atoms with Gasteiger partial charge in [0.1, 0.15) is 6.10 Å². The molecule has 0 bridgehead atoms. The number of nitrogens with zero attached hydrogens (tertiary/aromatic N) is 2. The van der Waals surface area contributed by atoms with E-state index in [0.29, 0.717) is 13.0 Å². The molecule has 1 fully saturated rings. The van der Waals surface area contributed by atoms with Crippen LogP contribution < -0.4 is 4.90 Å². The highest BCUT2D eigenvalue weighted by atomic mass is 19.1. The van der Waals surface area contributed by atoms with E-state index in [4.69, 9.17) is 4.74 Å². The van der Waals surface area contributed by atoms with Crippen LogP contribution in [0.3, 0.4) is 0 Å². The predicted octanol–water partition coefficient (Wildman–Crippen LogP) is 1.36. The summed E-state index contributed by atoms with van der Waals surface area (Å²) in [7, 11) is 1.51. The molecule has 1 aliphatic heterocycles. The highest BCUT2D eigenvalue weighted by molar-refractivity contribution is 5.95. The van der Waals surface area contributed by atoms with Gasteiger partial charge in [-0.25, -0.2) is 9.37 Å². The number of hydrogen-bond acceptors (Lipinski definition) is 3. The van der Waals surface area contributed by atoms with E-state index in [-0.39, 0.29) is 11.7 Å². The van der Waals surface area contributed by atoms with Crippen LogP contribution in [0.1, 0.15) is 12.8 Å². The molecule has 0 aliphatic carbocycles. The Hall–Kier alpha value is -1.49. The van der Waals surface area contributed by atoms with Crippen LogP contribution in [0.25, 0.3) is 0 Å².